The molecular weight excluding hydrogens is 330 g/mol. The molecule has 1 heterocycles. The number of aryl methyl sites for hydroxylation is 1. The summed E-state index contributed by atoms with van der Waals surface area (Å²) in [5, 5.41) is 7.53. The molecule has 4 nitrogen and oxygen atoms in total. The van der Waals surface area contributed by atoms with Crippen molar-refractivity contribution in [1.29, 1.82) is 0 Å². The van der Waals surface area contributed by atoms with Gasteiger partial charge in [-0.2, -0.15) is 5.10 Å². The summed E-state index contributed by atoms with van der Waals surface area (Å²) in [5.41, 5.74) is 1.68. The summed E-state index contributed by atoms with van der Waals surface area (Å²) in [7, 11) is 1.87. The van der Waals surface area contributed by atoms with Gasteiger partial charge in [-0.15, -0.1) is 0 Å². The minimum absolute atomic E-state index is 0.110. The second kappa shape index (κ2) is 6.21. The Balaban J connectivity index is 1.89. The minimum Gasteiger partial charge on any atom is -0.352 e. The summed E-state index contributed by atoms with van der Waals surface area (Å²) in [4.78, 5) is 11.9. The first-order valence-electron chi connectivity index (χ1n) is 5.77. The summed E-state index contributed by atoms with van der Waals surface area (Å²) in [5.74, 6) is -0.110. The highest BCUT2D eigenvalue weighted by molar-refractivity contribution is 9.10. The number of hydrogen-bond acceptors (Lipinski definition) is 2. The van der Waals surface area contributed by atoms with E-state index in [0.29, 0.717) is 21.6 Å². The molecule has 0 atom stereocenters. The van der Waals surface area contributed by atoms with E-state index in [2.05, 4.69) is 26.3 Å². The molecule has 19 heavy (non-hydrogen) atoms. The van der Waals surface area contributed by atoms with Crippen LogP contribution in [0.4, 0.5) is 0 Å². The highest BCUT2D eigenvalue weighted by atomic mass is 79.9. The summed E-state index contributed by atoms with van der Waals surface area (Å²) in [6.07, 6.45) is 4.49. The van der Waals surface area contributed by atoms with Crippen LogP contribution in [0, 0.1) is 0 Å². The van der Waals surface area contributed by atoms with Gasteiger partial charge in [-0.3, -0.25) is 9.48 Å². The second-order valence-electron chi connectivity index (χ2n) is 4.16. The Morgan fingerprint density at radius 1 is 1.53 bits per heavy atom. The first-order chi connectivity index (χ1) is 9.06. The van der Waals surface area contributed by atoms with Crippen molar-refractivity contribution in [2.45, 2.75) is 6.42 Å². The molecule has 2 aromatic rings. The zero-order valence-electron chi connectivity index (χ0n) is 10.4. The molecule has 0 aliphatic rings. The Morgan fingerprint density at radius 3 is 2.95 bits per heavy atom. The molecule has 0 bridgehead atoms. The summed E-state index contributed by atoms with van der Waals surface area (Å²) in [6, 6.07) is 5.11. The van der Waals surface area contributed by atoms with Crippen molar-refractivity contribution in [3.8, 4) is 0 Å². The van der Waals surface area contributed by atoms with Crippen molar-refractivity contribution in [2.24, 2.45) is 7.05 Å². The maximum absolute atomic E-state index is 11.9. The number of carbonyl (C=O) groups excluding carboxylic acids is 1. The van der Waals surface area contributed by atoms with E-state index in [-0.39, 0.29) is 5.91 Å². The highest BCUT2D eigenvalue weighted by Crippen LogP contribution is 2.23. The molecule has 0 aliphatic heterocycles. The molecule has 6 heteroatoms. The van der Waals surface area contributed by atoms with Crippen LogP contribution in [-0.2, 0) is 13.5 Å². The largest absolute Gasteiger partial charge is 0.352 e. The van der Waals surface area contributed by atoms with Gasteiger partial charge in [0.05, 0.1) is 11.2 Å². The van der Waals surface area contributed by atoms with Gasteiger partial charge in [-0.1, -0.05) is 11.6 Å². The van der Waals surface area contributed by atoms with Crippen LogP contribution in [0.3, 0.4) is 0 Å². The normalized spacial score (nSPS) is 10.5. The average molecular weight is 343 g/mol. The van der Waals surface area contributed by atoms with Crippen LogP contribution in [-0.4, -0.2) is 22.2 Å². The number of aromatic nitrogens is 2. The van der Waals surface area contributed by atoms with Crippen LogP contribution in [0.25, 0.3) is 0 Å². The third-order valence-corrected chi connectivity index (χ3v) is 3.85. The first-order valence-corrected chi connectivity index (χ1v) is 6.94. The molecule has 1 N–H and O–H groups in total. The van der Waals surface area contributed by atoms with E-state index in [1.807, 2.05) is 13.2 Å². The van der Waals surface area contributed by atoms with Gasteiger partial charge in [0, 0.05) is 29.8 Å². The molecule has 1 aromatic heterocycles. The van der Waals surface area contributed by atoms with Crippen LogP contribution in [0.5, 0.6) is 0 Å². The first kappa shape index (κ1) is 14.1. The molecule has 0 aliphatic carbocycles. The number of benzene rings is 1. The molecular formula is C13H13BrClN3O. The van der Waals surface area contributed by atoms with Gasteiger partial charge in [-0.25, -0.2) is 0 Å². The molecule has 0 saturated carbocycles. The second-order valence-corrected chi connectivity index (χ2v) is 5.42. The average Bonchev–Trinajstić information content (AvgIpc) is 2.78. The van der Waals surface area contributed by atoms with E-state index in [1.165, 1.54) is 0 Å². The number of carbonyl (C=O) groups is 1. The Labute approximate surface area is 124 Å². The van der Waals surface area contributed by atoms with Gasteiger partial charge in [0.1, 0.15) is 0 Å². The fraction of sp³-hybridized carbons (Fsp3) is 0.231. The van der Waals surface area contributed by atoms with Gasteiger partial charge in [-0.05, 0) is 46.1 Å². The predicted molar refractivity (Wildman–Crippen MR) is 78.4 cm³/mol. The maximum Gasteiger partial charge on any atom is 0.251 e. The molecule has 0 unspecified atom stereocenters. The lowest BCUT2D eigenvalue weighted by molar-refractivity contribution is 0.0954. The molecule has 0 fully saturated rings. The quantitative estimate of drug-likeness (QED) is 0.929. The third kappa shape index (κ3) is 3.81. The molecule has 0 radical (unpaired) electrons. The van der Waals surface area contributed by atoms with Gasteiger partial charge in [0.15, 0.2) is 0 Å². The Morgan fingerprint density at radius 2 is 2.32 bits per heavy atom. The van der Waals surface area contributed by atoms with E-state index in [0.717, 1.165) is 12.0 Å². The third-order valence-electron chi connectivity index (χ3n) is 2.64. The van der Waals surface area contributed by atoms with Crippen molar-refractivity contribution >= 4 is 33.4 Å². The lowest BCUT2D eigenvalue weighted by Gasteiger charge is -2.05. The number of hydrogen-bond donors (Lipinski definition) is 1. The summed E-state index contributed by atoms with van der Waals surface area (Å²) in [6.45, 7) is 0.574. The number of halogens is 2. The molecule has 0 spiro atoms. The Kier molecular flexibility index (Phi) is 4.61. The SMILES string of the molecule is Cn1cc(CCNC(=O)c2ccc(Cl)c(Br)c2)cn1. The Bertz CT molecular complexity index is 597. The van der Waals surface area contributed by atoms with Crippen molar-refractivity contribution in [3.63, 3.8) is 0 Å². The molecule has 2 rings (SSSR count). The molecule has 1 aromatic carbocycles. The fourth-order valence-corrected chi connectivity index (χ4v) is 2.16. The predicted octanol–water partition coefficient (Wildman–Crippen LogP) is 2.81. The fourth-order valence-electron chi connectivity index (χ4n) is 1.66. The van der Waals surface area contributed by atoms with E-state index in [9.17, 15) is 4.79 Å². The van der Waals surface area contributed by atoms with Crippen LogP contribution in [0.1, 0.15) is 15.9 Å². The van der Waals surface area contributed by atoms with Crippen molar-refractivity contribution in [3.05, 3.63) is 51.2 Å². The molecule has 100 valence electrons. The number of nitrogens with one attached hydrogen (secondary N) is 1. The van der Waals surface area contributed by atoms with Gasteiger partial charge < -0.3 is 5.32 Å². The zero-order valence-corrected chi connectivity index (χ0v) is 12.7. The van der Waals surface area contributed by atoms with Crippen molar-refractivity contribution < 1.29 is 4.79 Å². The lowest BCUT2D eigenvalue weighted by Crippen LogP contribution is -2.25. The molecule has 1 amide bonds. The topological polar surface area (TPSA) is 46.9 Å². The summed E-state index contributed by atoms with van der Waals surface area (Å²) < 4.78 is 2.46. The summed E-state index contributed by atoms with van der Waals surface area (Å²) >= 11 is 9.18. The van der Waals surface area contributed by atoms with E-state index >= 15 is 0 Å². The minimum atomic E-state index is -0.110. The maximum atomic E-state index is 11.9. The van der Waals surface area contributed by atoms with Crippen molar-refractivity contribution in [2.75, 3.05) is 6.54 Å². The van der Waals surface area contributed by atoms with Gasteiger partial charge in [0.25, 0.3) is 5.91 Å². The lowest BCUT2D eigenvalue weighted by atomic mass is 10.2. The van der Waals surface area contributed by atoms with E-state index in [1.54, 1.807) is 29.1 Å². The number of amides is 1. The number of rotatable bonds is 4. The standard InChI is InChI=1S/C13H13BrClN3O/c1-18-8-9(7-17-18)4-5-16-13(19)10-2-3-12(15)11(14)6-10/h2-3,6-8H,4-5H2,1H3,(H,16,19). The monoisotopic (exact) mass is 341 g/mol. The van der Waals surface area contributed by atoms with Crippen LogP contribution in [0.2, 0.25) is 5.02 Å². The zero-order chi connectivity index (χ0) is 13.8. The van der Waals surface area contributed by atoms with Crippen LogP contribution < -0.4 is 5.32 Å². The van der Waals surface area contributed by atoms with Crippen LogP contribution >= 0.6 is 27.5 Å². The van der Waals surface area contributed by atoms with Gasteiger partial charge >= 0.3 is 0 Å². The van der Waals surface area contributed by atoms with E-state index in [4.69, 9.17) is 11.6 Å². The smallest absolute Gasteiger partial charge is 0.251 e. The molecule has 0 saturated heterocycles. The van der Waals surface area contributed by atoms with E-state index < -0.39 is 0 Å². The Hall–Kier alpha value is -1.33. The van der Waals surface area contributed by atoms with Crippen molar-refractivity contribution in [1.82, 2.24) is 15.1 Å². The van der Waals surface area contributed by atoms with Crippen LogP contribution in [0.15, 0.2) is 35.1 Å². The highest BCUT2D eigenvalue weighted by Gasteiger charge is 2.07. The van der Waals surface area contributed by atoms with Gasteiger partial charge in [0.2, 0.25) is 0 Å². The number of nitrogens with zero attached hydrogens (tertiary/aromatic N) is 2.